The van der Waals surface area contributed by atoms with Crippen molar-refractivity contribution in [2.24, 2.45) is 0 Å². The molecule has 0 spiro atoms. The molecular formula is C17H19N3O4. The summed E-state index contributed by atoms with van der Waals surface area (Å²) in [6, 6.07) is 11.1. The molecule has 126 valence electrons. The van der Waals surface area contributed by atoms with Gasteiger partial charge in [-0.15, -0.1) is 6.58 Å². The van der Waals surface area contributed by atoms with Crippen LogP contribution < -0.4 is 5.32 Å². The molecule has 2 aromatic rings. The van der Waals surface area contributed by atoms with E-state index in [0.29, 0.717) is 12.4 Å². The number of nitrogens with one attached hydrogen (secondary N) is 1. The monoisotopic (exact) mass is 329 g/mol. The summed E-state index contributed by atoms with van der Waals surface area (Å²) in [6.07, 6.45) is 2.90. The third-order valence-electron chi connectivity index (χ3n) is 3.08. The highest BCUT2D eigenvalue weighted by Gasteiger charge is 2.16. The standard InChI is InChI=1S/C17H19N3O4/c1-2-9-20(11-16(21)18-15-8-10-24-19-15)17(22)13-23-12-14-6-4-3-5-7-14/h2-8,10H,1,9,11-13H2,(H,18,19,21). The fraction of sp³-hybridized carbons (Fsp3) is 0.235. The van der Waals surface area contributed by atoms with E-state index in [0.717, 1.165) is 5.56 Å². The number of nitrogens with zero attached hydrogens (tertiary/aromatic N) is 2. The predicted octanol–water partition coefficient (Wildman–Crippen LogP) is 1.84. The smallest absolute Gasteiger partial charge is 0.249 e. The normalized spacial score (nSPS) is 10.2. The second-order valence-electron chi connectivity index (χ2n) is 4.97. The van der Waals surface area contributed by atoms with Gasteiger partial charge in [0.2, 0.25) is 11.8 Å². The van der Waals surface area contributed by atoms with Gasteiger partial charge >= 0.3 is 0 Å². The van der Waals surface area contributed by atoms with Gasteiger partial charge in [-0.3, -0.25) is 9.59 Å². The summed E-state index contributed by atoms with van der Waals surface area (Å²) >= 11 is 0. The Bertz CT molecular complexity index is 656. The topological polar surface area (TPSA) is 84.7 Å². The molecule has 1 aromatic carbocycles. The number of carbonyl (C=O) groups excluding carboxylic acids is 2. The summed E-state index contributed by atoms with van der Waals surface area (Å²) in [5.74, 6) is -0.366. The van der Waals surface area contributed by atoms with Crippen LogP contribution in [0.15, 0.2) is 59.8 Å². The van der Waals surface area contributed by atoms with Crippen LogP contribution >= 0.6 is 0 Å². The first-order valence-electron chi connectivity index (χ1n) is 7.39. The lowest BCUT2D eigenvalue weighted by atomic mass is 10.2. The number of hydrogen-bond donors (Lipinski definition) is 1. The molecule has 2 amide bonds. The lowest BCUT2D eigenvalue weighted by Crippen LogP contribution is -2.40. The average Bonchev–Trinajstić information content (AvgIpc) is 3.08. The van der Waals surface area contributed by atoms with E-state index in [1.165, 1.54) is 17.2 Å². The molecule has 2 rings (SSSR count). The molecule has 1 heterocycles. The van der Waals surface area contributed by atoms with Gasteiger partial charge in [-0.2, -0.15) is 0 Å². The van der Waals surface area contributed by atoms with Gasteiger partial charge in [0.05, 0.1) is 6.61 Å². The van der Waals surface area contributed by atoms with Gasteiger partial charge in [0.1, 0.15) is 19.4 Å². The van der Waals surface area contributed by atoms with Crippen molar-refractivity contribution in [2.75, 3.05) is 25.0 Å². The van der Waals surface area contributed by atoms with Gasteiger partial charge in [0.25, 0.3) is 0 Å². The van der Waals surface area contributed by atoms with E-state index in [2.05, 4.69) is 21.6 Å². The van der Waals surface area contributed by atoms with E-state index < -0.39 is 0 Å². The Morgan fingerprint density at radius 3 is 2.75 bits per heavy atom. The Kier molecular flexibility index (Phi) is 6.73. The predicted molar refractivity (Wildman–Crippen MR) is 88.0 cm³/mol. The second-order valence-corrected chi connectivity index (χ2v) is 4.97. The Hall–Kier alpha value is -2.93. The maximum Gasteiger partial charge on any atom is 0.249 e. The summed E-state index contributed by atoms with van der Waals surface area (Å²) in [4.78, 5) is 25.5. The minimum absolute atomic E-state index is 0.111. The highest BCUT2D eigenvalue weighted by molar-refractivity contribution is 5.93. The lowest BCUT2D eigenvalue weighted by molar-refractivity contribution is -0.138. The van der Waals surface area contributed by atoms with Gasteiger partial charge in [-0.1, -0.05) is 41.6 Å². The van der Waals surface area contributed by atoms with Gasteiger partial charge in [0, 0.05) is 12.6 Å². The zero-order chi connectivity index (χ0) is 17.2. The van der Waals surface area contributed by atoms with Crippen LogP contribution in [-0.4, -0.2) is 41.6 Å². The zero-order valence-electron chi connectivity index (χ0n) is 13.2. The first kappa shape index (κ1) is 17.4. The van der Waals surface area contributed by atoms with E-state index in [4.69, 9.17) is 4.74 Å². The van der Waals surface area contributed by atoms with Crippen LogP contribution in [0.25, 0.3) is 0 Å². The number of rotatable bonds is 9. The van der Waals surface area contributed by atoms with E-state index >= 15 is 0 Å². The van der Waals surface area contributed by atoms with Crippen molar-refractivity contribution in [3.05, 3.63) is 60.9 Å². The molecule has 0 aliphatic heterocycles. The Morgan fingerprint density at radius 2 is 2.08 bits per heavy atom. The van der Waals surface area contributed by atoms with Crippen LogP contribution in [0.4, 0.5) is 5.82 Å². The molecule has 1 aromatic heterocycles. The van der Waals surface area contributed by atoms with Crippen molar-refractivity contribution in [1.82, 2.24) is 10.1 Å². The average molecular weight is 329 g/mol. The number of carbonyl (C=O) groups is 2. The first-order chi connectivity index (χ1) is 11.7. The summed E-state index contributed by atoms with van der Waals surface area (Å²) in [6.45, 7) is 3.95. The van der Waals surface area contributed by atoms with Crippen LogP contribution in [0.2, 0.25) is 0 Å². The van der Waals surface area contributed by atoms with Crippen LogP contribution in [0, 0.1) is 0 Å². The van der Waals surface area contributed by atoms with Gasteiger partial charge in [-0.05, 0) is 5.56 Å². The Morgan fingerprint density at radius 1 is 1.29 bits per heavy atom. The molecule has 1 N–H and O–H groups in total. The zero-order valence-corrected chi connectivity index (χ0v) is 13.2. The van der Waals surface area contributed by atoms with Gasteiger partial charge < -0.3 is 19.5 Å². The quantitative estimate of drug-likeness (QED) is 0.710. The molecule has 0 saturated heterocycles. The van der Waals surface area contributed by atoms with Crippen LogP contribution in [0.5, 0.6) is 0 Å². The van der Waals surface area contributed by atoms with Crippen molar-refractivity contribution in [2.45, 2.75) is 6.61 Å². The number of hydrogen-bond acceptors (Lipinski definition) is 5. The van der Waals surface area contributed by atoms with Crippen molar-refractivity contribution >= 4 is 17.6 Å². The molecular weight excluding hydrogens is 310 g/mol. The molecule has 0 saturated carbocycles. The molecule has 7 heteroatoms. The molecule has 0 fully saturated rings. The van der Waals surface area contributed by atoms with E-state index in [1.54, 1.807) is 6.08 Å². The molecule has 0 bridgehead atoms. The fourth-order valence-corrected chi connectivity index (χ4v) is 1.96. The van der Waals surface area contributed by atoms with Gasteiger partial charge in [0.15, 0.2) is 5.82 Å². The molecule has 0 radical (unpaired) electrons. The lowest BCUT2D eigenvalue weighted by Gasteiger charge is -2.20. The minimum Gasteiger partial charge on any atom is -0.367 e. The molecule has 0 aliphatic carbocycles. The van der Waals surface area contributed by atoms with E-state index in [1.807, 2.05) is 30.3 Å². The van der Waals surface area contributed by atoms with Crippen molar-refractivity contribution in [3.63, 3.8) is 0 Å². The number of benzene rings is 1. The molecule has 0 unspecified atom stereocenters. The molecule has 0 atom stereocenters. The summed E-state index contributed by atoms with van der Waals surface area (Å²) in [5, 5.41) is 6.12. The van der Waals surface area contributed by atoms with Gasteiger partial charge in [-0.25, -0.2) is 0 Å². The van der Waals surface area contributed by atoms with E-state index in [-0.39, 0.29) is 31.5 Å². The minimum atomic E-state index is -0.373. The van der Waals surface area contributed by atoms with Crippen LogP contribution in [0.3, 0.4) is 0 Å². The van der Waals surface area contributed by atoms with Crippen LogP contribution in [-0.2, 0) is 20.9 Å². The summed E-state index contributed by atoms with van der Waals surface area (Å²) < 4.78 is 10.0. The number of amides is 2. The van der Waals surface area contributed by atoms with Crippen LogP contribution in [0.1, 0.15) is 5.56 Å². The maximum absolute atomic E-state index is 12.2. The molecule has 0 aliphatic rings. The highest BCUT2D eigenvalue weighted by atomic mass is 16.5. The summed E-state index contributed by atoms with van der Waals surface area (Å²) in [5.41, 5.74) is 0.976. The fourth-order valence-electron chi connectivity index (χ4n) is 1.96. The molecule has 24 heavy (non-hydrogen) atoms. The van der Waals surface area contributed by atoms with Crippen molar-refractivity contribution in [3.8, 4) is 0 Å². The first-order valence-corrected chi connectivity index (χ1v) is 7.39. The molecule has 7 nitrogen and oxygen atoms in total. The number of anilines is 1. The Balaban J connectivity index is 1.80. The number of aromatic nitrogens is 1. The van der Waals surface area contributed by atoms with Crippen molar-refractivity contribution < 1.29 is 18.8 Å². The summed E-state index contributed by atoms with van der Waals surface area (Å²) in [7, 11) is 0. The highest BCUT2D eigenvalue weighted by Crippen LogP contribution is 2.03. The third kappa shape index (κ3) is 5.69. The maximum atomic E-state index is 12.2. The van der Waals surface area contributed by atoms with E-state index in [9.17, 15) is 9.59 Å². The largest absolute Gasteiger partial charge is 0.367 e. The SMILES string of the molecule is C=CCN(CC(=O)Nc1ccon1)C(=O)COCc1ccccc1. The number of ether oxygens (including phenoxy) is 1. The second kappa shape index (κ2) is 9.26. The Labute approximate surface area is 139 Å². The third-order valence-corrected chi connectivity index (χ3v) is 3.08. The van der Waals surface area contributed by atoms with Crippen molar-refractivity contribution in [1.29, 1.82) is 0 Å².